The number of ether oxygens (including phenoxy) is 2. The fourth-order valence-corrected chi connectivity index (χ4v) is 5.84. The first kappa shape index (κ1) is 22.9. The third-order valence-corrected chi connectivity index (χ3v) is 7.99. The largest absolute Gasteiger partial charge is 0.383 e. The van der Waals surface area contributed by atoms with E-state index in [4.69, 9.17) is 14.6 Å². The average Bonchev–Trinajstić information content (AvgIpc) is 3.20. The Kier molecular flexibility index (Phi) is 7.27. The summed E-state index contributed by atoms with van der Waals surface area (Å²) in [4.78, 5) is 15.3. The molecule has 0 saturated carbocycles. The van der Waals surface area contributed by atoms with Crippen molar-refractivity contribution in [2.24, 2.45) is 0 Å². The van der Waals surface area contributed by atoms with Gasteiger partial charge in [-0.1, -0.05) is 18.2 Å². The minimum atomic E-state index is -3.50. The number of carbonyl (C=O) groups excluding carboxylic acids is 1. The SMILES string of the molecule is COCCn1nc(C2CCCCN2C(=O)CCS(=O)(=O)c2ccccc2)c2c1CCOC2. The molecular formula is C23H31N3O5S. The van der Waals surface area contributed by atoms with Crippen LogP contribution in [0.5, 0.6) is 0 Å². The van der Waals surface area contributed by atoms with E-state index in [0.717, 1.165) is 42.6 Å². The van der Waals surface area contributed by atoms with Crippen molar-refractivity contribution in [2.45, 2.75) is 56.2 Å². The zero-order valence-electron chi connectivity index (χ0n) is 18.5. The van der Waals surface area contributed by atoms with Crippen molar-refractivity contribution in [2.75, 3.05) is 32.6 Å². The maximum atomic E-state index is 13.2. The van der Waals surface area contributed by atoms with Crippen molar-refractivity contribution in [3.8, 4) is 0 Å². The van der Waals surface area contributed by atoms with E-state index in [1.165, 1.54) is 0 Å². The van der Waals surface area contributed by atoms with Crippen molar-refractivity contribution in [3.05, 3.63) is 47.3 Å². The van der Waals surface area contributed by atoms with Gasteiger partial charge in [0.15, 0.2) is 9.84 Å². The van der Waals surface area contributed by atoms with Gasteiger partial charge in [0.05, 0.1) is 48.7 Å². The number of fused-ring (bicyclic) bond motifs is 1. The Hall–Kier alpha value is -2.23. The van der Waals surface area contributed by atoms with Gasteiger partial charge in [0.1, 0.15) is 0 Å². The Morgan fingerprint density at radius 2 is 2.06 bits per heavy atom. The van der Waals surface area contributed by atoms with Gasteiger partial charge in [-0.15, -0.1) is 0 Å². The van der Waals surface area contributed by atoms with Gasteiger partial charge in [-0.3, -0.25) is 9.48 Å². The minimum absolute atomic E-state index is 0.0310. The van der Waals surface area contributed by atoms with Gasteiger partial charge < -0.3 is 14.4 Å². The van der Waals surface area contributed by atoms with E-state index in [1.54, 1.807) is 37.4 Å². The van der Waals surface area contributed by atoms with E-state index < -0.39 is 9.84 Å². The highest BCUT2D eigenvalue weighted by atomic mass is 32.2. The molecule has 0 radical (unpaired) electrons. The first-order valence-corrected chi connectivity index (χ1v) is 12.9. The smallest absolute Gasteiger partial charge is 0.224 e. The van der Waals surface area contributed by atoms with Gasteiger partial charge in [0, 0.05) is 37.8 Å². The lowest BCUT2D eigenvalue weighted by Crippen LogP contribution is -2.39. The number of amides is 1. The van der Waals surface area contributed by atoms with E-state index in [2.05, 4.69) is 0 Å². The number of hydrogen-bond donors (Lipinski definition) is 0. The van der Waals surface area contributed by atoms with Gasteiger partial charge >= 0.3 is 0 Å². The zero-order chi connectivity index (χ0) is 22.6. The molecule has 0 N–H and O–H groups in total. The first-order valence-electron chi connectivity index (χ1n) is 11.2. The van der Waals surface area contributed by atoms with Gasteiger partial charge in [-0.05, 0) is 31.4 Å². The number of sulfone groups is 1. The van der Waals surface area contributed by atoms with Crippen LogP contribution in [0.25, 0.3) is 0 Å². The molecule has 2 aliphatic heterocycles. The highest BCUT2D eigenvalue weighted by Crippen LogP contribution is 2.35. The molecule has 1 unspecified atom stereocenters. The number of rotatable bonds is 8. The number of likely N-dealkylation sites (tertiary alicyclic amines) is 1. The van der Waals surface area contributed by atoms with Gasteiger partial charge in [0.2, 0.25) is 5.91 Å². The third-order valence-electron chi connectivity index (χ3n) is 6.26. The molecule has 174 valence electrons. The molecule has 4 rings (SSSR count). The second-order valence-corrected chi connectivity index (χ2v) is 10.4. The summed E-state index contributed by atoms with van der Waals surface area (Å²) in [6.07, 6.45) is 3.51. The highest BCUT2D eigenvalue weighted by Gasteiger charge is 2.34. The van der Waals surface area contributed by atoms with Crippen LogP contribution in [0.15, 0.2) is 35.2 Å². The van der Waals surface area contributed by atoms with Crippen LogP contribution in [0, 0.1) is 0 Å². The molecule has 8 nitrogen and oxygen atoms in total. The number of piperidine rings is 1. The van der Waals surface area contributed by atoms with E-state index >= 15 is 0 Å². The number of nitrogens with zero attached hydrogens (tertiary/aromatic N) is 3. The highest BCUT2D eigenvalue weighted by molar-refractivity contribution is 7.91. The van der Waals surface area contributed by atoms with Crippen molar-refractivity contribution in [1.82, 2.24) is 14.7 Å². The molecule has 1 fully saturated rings. The standard InChI is InChI=1S/C23H31N3O5S/c1-30-15-13-26-20-10-14-31-17-19(20)23(24-26)21-9-5-6-12-25(21)22(27)11-16-32(28,29)18-7-3-2-4-8-18/h2-4,7-8,21H,5-6,9-17H2,1H3. The lowest BCUT2D eigenvalue weighted by atomic mass is 9.95. The molecule has 0 bridgehead atoms. The monoisotopic (exact) mass is 461 g/mol. The van der Waals surface area contributed by atoms with Crippen molar-refractivity contribution in [3.63, 3.8) is 0 Å². The molecule has 0 aliphatic carbocycles. The van der Waals surface area contributed by atoms with Gasteiger partial charge in [-0.2, -0.15) is 5.10 Å². The molecule has 1 aromatic carbocycles. The predicted molar refractivity (Wildman–Crippen MR) is 119 cm³/mol. The van der Waals surface area contributed by atoms with Crippen molar-refractivity contribution >= 4 is 15.7 Å². The summed E-state index contributed by atoms with van der Waals surface area (Å²) in [5, 5.41) is 4.89. The minimum Gasteiger partial charge on any atom is -0.383 e. The number of benzene rings is 1. The average molecular weight is 462 g/mol. The maximum absolute atomic E-state index is 13.2. The molecule has 9 heteroatoms. The third kappa shape index (κ3) is 4.89. The number of hydrogen-bond acceptors (Lipinski definition) is 6. The Bertz CT molecular complexity index is 1040. The van der Waals surface area contributed by atoms with Crippen molar-refractivity contribution in [1.29, 1.82) is 0 Å². The van der Waals surface area contributed by atoms with E-state index in [1.807, 2.05) is 9.58 Å². The molecule has 3 heterocycles. The summed E-state index contributed by atoms with van der Waals surface area (Å²) in [6.45, 7) is 3.01. The second kappa shape index (κ2) is 10.1. The molecule has 32 heavy (non-hydrogen) atoms. The molecule has 2 aliphatic rings. The van der Waals surface area contributed by atoms with Crippen LogP contribution in [-0.2, 0) is 43.7 Å². The summed E-state index contributed by atoms with van der Waals surface area (Å²) in [6, 6.07) is 8.17. The van der Waals surface area contributed by atoms with Crippen LogP contribution >= 0.6 is 0 Å². The van der Waals surface area contributed by atoms with E-state index in [0.29, 0.717) is 32.9 Å². The van der Waals surface area contributed by atoms with Gasteiger partial charge in [0.25, 0.3) is 0 Å². The van der Waals surface area contributed by atoms with Crippen LogP contribution in [0.4, 0.5) is 0 Å². The Morgan fingerprint density at radius 1 is 1.25 bits per heavy atom. The fourth-order valence-electron chi connectivity index (χ4n) is 4.59. The lowest BCUT2D eigenvalue weighted by molar-refractivity contribution is -0.134. The quantitative estimate of drug-likeness (QED) is 0.600. The lowest BCUT2D eigenvalue weighted by Gasteiger charge is -2.35. The molecule has 1 aromatic heterocycles. The Labute approximate surface area is 189 Å². The topological polar surface area (TPSA) is 90.7 Å². The molecule has 0 spiro atoms. The Balaban J connectivity index is 1.53. The maximum Gasteiger partial charge on any atom is 0.224 e. The van der Waals surface area contributed by atoms with Crippen LogP contribution < -0.4 is 0 Å². The fraction of sp³-hybridized carbons (Fsp3) is 0.565. The summed E-state index contributed by atoms with van der Waals surface area (Å²) < 4.78 is 38.2. The number of methoxy groups -OCH3 is 1. The van der Waals surface area contributed by atoms with Crippen LogP contribution in [0.3, 0.4) is 0 Å². The van der Waals surface area contributed by atoms with Crippen LogP contribution in [0.2, 0.25) is 0 Å². The Morgan fingerprint density at radius 3 is 2.84 bits per heavy atom. The molecule has 1 amide bonds. The van der Waals surface area contributed by atoms with E-state index in [-0.39, 0.29) is 29.0 Å². The second-order valence-electron chi connectivity index (χ2n) is 8.31. The summed E-state index contributed by atoms with van der Waals surface area (Å²) in [5.74, 6) is -0.325. The number of aromatic nitrogens is 2. The zero-order valence-corrected chi connectivity index (χ0v) is 19.3. The van der Waals surface area contributed by atoms with Crippen LogP contribution in [0.1, 0.15) is 48.7 Å². The van der Waals surface area contributed by atoms with Crippen LogP contribution in [-0.4, -0.2) is 61.6 Å². The summed E-state index contributed by atoms with van der Waals surface area (Å²) in [7, 11) is -1.83. The summed E-state index contributed by atoms with van der Waals surface area (Å²) in [5.41, 5.74) is 3.14. The predicted octanol–water partition coefficient (Wildman–Crippen LogP) is 2.52. The summed E-state index contributed by atoms with van der Waals surface area (Å²) >= 11 is 0. The number of carbonyl (C=O) groups is 1. The molecule has 1 saturated heterocycles. The molecule has 2 aromatic rings. The normalized spacial score (nSPS) is 19.0. The molecule has 1 atom stereocenters. The van der Waals surface area contributed by atoms with Crippen molar-refractivity contribution < 1.29 is 22.7 Å². The van der Waals surface area contributed by atoms with Gasteiger partial charge in [-0.25, -0.2) is 8.42 Å². The molecular weight excluding hydrogens is 430 g/mol. The first-order chi connectivity index (χ1) is 15.5. The van der Waals surface area contributed by atoms with E-state index in [9.17, 15) is 13.2 Å².